The van der Waals surface area contributed by atoms with Gasteiger partial charge in [0.1, 0.15) is 0 Å². The summed E-state index contributed by atoms with van der Waals surface area (Å²) in [5.41, 5.74) is 0.432. The minimum absolute atomic E-state index is 0.0442. The lowest BCUT2D eigenvalue weighted by Gasteiger charge is -2.08. The van der Waals surface area contributed by atoms with Crippen molar-refractivity contribution in [1.29, 1.82) is 0 Å². The molecular weight excluding hydrogens is 274 g/mol. The monoisotopic (exact) mass is 284 g/mol. The van der Waals surface area contributed by atoms with Gasteiger partial charge in [-0.2, -0.15) is 4.39 Å². The summed E-state index contributed by atoms with van der Waals surface area (Å²) >= 11 is 0. The number of phenols is 1. The zero-order valence-electron chi connectivity index (χ0n) is 10.3. The fourth-order valence-corrected chi connectivity index (χ4v) is 1.86. The zero-order valence-corrected chi connectivity index (χ0v) is 10.3. The van der Waals surface area contributed by atoms with E-state index in [1.54, 1.807) is 0 Å². The van der Waals surface area contributed by atoms with Crippen molar-refractivity contribution in [2.75, 3.05) is 0 Å². The highest BCUT2D eigenvalue weighted by atomic mass is 19.1. The Balaban J connectivity index is 2.79. The van der Waals surface area contributed by atoms with E-state index in [9.17, 15) is 18.4 Å². The van der Waals surface area contributed by atoms with E-state index in [1.165, 1.54) is 6.92 Å². The number of nitrogens with two attached hydrogens (primary N) is 1. The van der Waals surface area contributed by atoms with Crippen LogP contribution in [-0.4, -0.2) is 11.0 Å². The van der Waals surface area contributed by atoms with Crippen molar-refractivity contribution in [3.63, 3.8) is 0 Å². The highest BCUT2D eigenvalue weighted by Gasteiger charge is 2.20. The molecule has 0 aliphatic rings. The Morgan fingerprint density at radius 1 is 1.50 bits per heavy atom. The molecule has 8 heteroatoms. The van der Waals surface area contributed by atoms with Gasteiger partial charge in [0.05, 0.1) is 12.0 Å². The molecule has 1 aromatic heterocycles. The van der Waals surface area contributed by atoms with Crippen molar-refractivity contribution >= 4 is 16.9 Å². The van der Waals surface area contributed by atoms with Crippen LogP contribution >= 0.6 is 0 Å². The molecule has 0 fully saturated rings. The van der Waals surface area contributed by atoms with Crippen LogP contribution in [0.5, 0.6) is 5.75 Å². The van der Waals surface area contributed by atoms with Crippen LogP contribution in [0.3, 0.4) is 0 Å². The fourth-order valence-electron chi connectivity index (χ4n) is 1.86. The summed E-state index contributed by atoms with van der Waals surface area (Å²) in [5.74, 6) is 0.474. The third-order valence-electron chi connectivity index (χ3n) is 2.95. The third kappa shape index (κ3) is 2.10. The number of aromatic hydroxyl groups is 1. The van der Waals surface area contributed by atoms with Crippen LogP contribution in [0.2, 0.25) is 0 Å². The maximum absolute atomic E-state index is 13.7. The molecule has 0 aliphatic heterocycles. The third-order valence-corrected chi connectivity index (χ3v) is 2.95. The normalized spacial score (nSPS) is 10.8. The smallest absolute Gasteiger partial charge is 0.340 e. The number of benzene rings is 1. The number of fused-ring (bicyclic) bond motifs is 1. The number of phenolic OH excluding ortho intramolecular Hbond substituents is 1. The van der Waals surface area contributed by atoms with Crippen LogP contribution in [0.15, 0.2) is 15.3 Å². The molecule has 0 saturated carbocycles. The van der Waals surface area contributed by atoms with E-state index < -0.39 is 34.5 Å². The number of hydrogen-bond acceptors (Lipinski definition) is 5. The molecule has 1 amide bonds. The summed E-state index contributed by atoms with van der Waals surface area (Å²) < 4.78 is 31.7. The average molecular weight is 284 g/mol. The molecule has 0 atom stereocenters. The van der Waals surface area contributed by atoms with Gasteiger partial charge >= 0.3 is 5.63 Å². The molecule has 0 radical (unpaired) electrons. The maximum atomic E-state index is 13.7. The number of nitrogens with one attached hydrogen (secondary N) is 1. The molecule has 0 spiro atoms. The van der Waals surface area contributed by atoms with E-state index in [0.717, 1.165) is 6.07 Å². The minimum atomic E-state index is -1.37. The molecule has 2 rings (SSSR count). The highest BCUT2D eigenvalue weighted by Crippen LogP contribution is 2.30. The van der Waals surface area contributed by atoms with Gasteiger partial charge in [-0.15, -0.1) is 0 Å². The summed E-state index contributed by atoms with van der Waals surface area (Å²) in [4.78, 5) is 22.9. The van der Waals surface area contributed by atoms with E-state index in [0.29, 0.717) is 0 Å². The molecule has 0 saturated heterocycles. The second-order valence-electron chi connectivity index (χ2n) is 4.14. The zero-order chi connectivity index (χ0) is 15.0. The molecule has 0 bridgehead atoms. The summed E-state index contributed by atoms with van der Waals surface area (Å²) in [5, 5.41) is 9.10. The van der Waals surface area contributed by atoms with Crippen LogP contribution < -0.4 is 16.9 Å². The number of carbonyl (C=O) groups is 1. The van der Waals surface area contributed by atoms with Crippen molar-refractivity contribution in [2.24, 2.45) is 5.84 Å². The van der Waals surface area contributed by atoms with E-state index in [2.05, 4.69) is 0 Å². The summed E-state index contributed by atoms with van der Waals surface area (Å²) in [6, 6.07) is 0.829. The first-order chi connectivity index (χ1) is 9.36. The van der Waals surface area contributed by atoms with Gasteiger partial charge < -0.3 is 9.52 Å². The first kappa shape index (κ1) is 13.9. The van der Waals surface area contributed by atoms with Gasteiger partial charge in [0.15, 0.2) is 17.1 Å². The maximum Gasteiger partial charge on any atom is 0.340 e. The second-order valence-corrected chi connectivity index (χ2v) is 4.14. The molecule has 0 unspecified atom stereocenters. The van der Waals surface area contributed by atoms with Gasteiger partial charge in [-0.3, -0.25) is 10.2 Å². The highest BCUT2D eigenvalue weighted by molar-refractivity contribution is 5.85. The molecule has 1 heterocycles. The van der Waals surface area contributed by atoms with Crippen molar-refractivity contribution in [3.05, 3.63) is 39.2 Å². The predicted octanol–water partition coefficient (Wildman–Crippen LogP) is 0.618. The predicted molar refractivity (Wildman–Crippen MR) is 64.8 cm³/mol. The Bertz CT molecular complexity index is 770. The lowest BCUT2D eigenvalue weighted by molar-refractivity contribution is -0.120. The van der Waals surface area contributed by atoms with Gasteiger partial charge in [0.25, 0.3) is 0 Å². The van der Waals surface area contributed by atoms with Crippen molar-refractivity contribution in [3.8, 4) is 5.75 Å². The average Bonchev–Trinajstić information content (AvgIpc) is 2.42. The summed E-state index contributed by atoms with van der Waals surface area (Å²) in [6.45, 7) is 1.41. The standard InChI is InChI=1S/C12H10F2N2O4/c1-4-5-2-7(13)10(18)9(14)11(5)20-12(19)6(4)3-8(17)16-15/h2,18H,3,15H2,1H3,(H,16,17). The van der Waals surface area contributed by atoms with Gasteiger partial charge in [0.2, 0.25) is 11.7 Å². The Kier molecular flexibility index (Phi) is 3.41. The number of hydrazine groups is 1. The Morgan fingerprint density at radius 3 is 2.75 bits per heavy atom. The molecule has 20 heavy (non-hydrogen) atoms. The quantitative estimate of drug-likeness (QED) is 0.324. The van der Waals surface area contributed by atoms with E-state index in [-0.39, 0.29) is 22.9 Å². The topological polar surface area (TPSA) is 106 Å². The number of aryl methyl sites for hydroxylation is 1. The Hall–Kier alpha value is -2.48. The van der Waals surface area contributed by atoms with Crippen molar-refractivity contribution in [2.45, 2.75) is 13.3 Å². The summed E-state index contributed by atoms with van der Waals surface area (Å²) in [7, 11) is 0. The van der Waals surface area contributed by atoms with Gasteiger partial charge in [-0.1, -0.05) is 0 Å². The Morgan fingerprint density at radius 2 is 2.15 bits per heavy atom. The lowest BCUT2D eigenvalue weighted by atomic mass is 10.0. The molecule has 106 valence electrons. The van der Waals surface area contributed by atoms with E-state index in [1.807, 2.05) is 5.43 Å². The van der Waals surface area contributed by atoms with Crippen LogP contribution in [0.25, 0.3) is 11.0 Å². The van der Waals surface area contributed by atoms with Gasteiger partial charge in [-0.25, -0.2) is 15.0 Å². The number of amides is 1. The first-order valence-electron chi connectivity index (χ1n) is 5.49. The molecule has 0 aliphatic carbocycles. The van der Waals surface area contributed by atoms with Crippen LogP contribution in [0, 0.1) is 18.6 Å². The molecule has 4 N–H and O–H groups in total. The second kappa shape index (κ2) is 4.89. The first-order valence-corrected chi connectivity index (χ1v) is 5.49. The van der Waals surface area contributed by atoms with Crippen molar-refractivity contribution in [1.82, 2.24) is 5.43 Å². The number of hydrogen-bond donors (Lipinski definition) is 3. The largest absolute Gasteiger partial charge is 0.503 e. The Labute approximate surface area is 110 Å². The number of carbonyl (C=O) groups excluding carboxylic acids is 1. The number of rotatable bonds is 2. The van der Waals surface area contributed by atoms with E-state index in [4.69, 9.17) is 15.4 Å². The SMILES string of the molecule is Cc1c(CC(=O)NN)c(=O)oc2c(F)c(O)c(F)cc12. The van der Waals surface area contributed by atoms with Gasteiger partial charge in [-0.05, 0) is 18.6 Å². The molecular formula is C12H10F2N2O4. The molecule has 2 aromatic rings. The van der Waals surface area contributed by atoms with Gasteiger partial charge in [0, 0.05) is 5.39 Å². The van der Waals surface area contributed by atoms with Crippen molar-refractivity contribution < 1.29 is 23.1 Å². The minimum Gasteiger partial charge on any atom is -0.503 e. The molecule has 1 aromatic carbocycles. The van der Waals surface area contributed by atoms with E-state index >= 15 is 0 Å². The summed E-state index contributed by atoms with van der Waals surface area (Å²) in [6.07, 6.45) is -0.384. The fraction of sp³-hybridized carbons (Fsp3) is 0.167. The van der Waals surface area contributed by atoms with Crippen LogP contribution in [0.1, 0.15) is 11.1 Å². The van der Waals surface area contributed by atoms with Crippen LogP contribution in [0.4, 0.5) is 8.78 Å². The number of halogens is 2. The lowest BCUT2D eigenvalue weighted by Crippen LogP contribution is -2.33. The van der Waals surface area contributed by atoms with Crippen LogP contribution in [-0.2, 0) is 11.2 Å². The molecule has 6 nitrogen and oxygen atoms in total.